The lowest BCUT2D eigenvalue weighted by Crippen LogP contribution is -2.25. The van der Waals surface area contributed by atoms with E-state index in [4.69, 9.17) is 11.6 Å². The summed E-state index contributed by atoms with van der Waals surface area (Å²) in [5, 5.41) is -0.434. The van der Waals surface area contributed by atoms with E-state index >= 15 is 0 Å². The Morgan fingerprint density at radius 1 is 1.39 bits per heavy atom. The first-order valence-corrected chi connectivity index (χ1v) is 6.83. The lowest BCUT2D eigenvalue weighted by Gasteiger charge is -2.18. The molecule has 0 spiro atoms. The Morgan fingerprint density at radius 3 is 2.39 bits per heavy atom. The molecular weight excluding hydrogens is 318 g/mol. The van der Waals surface area contributed by atoms with Gasteiger partial charge in [-0.05, 0) is 48.7 Å². The van der Waals surface area contributed by atoms with Crippen LogP contribution in [0.25, 0.3) is 0 Å². The van der Waals surface area contributed by atoms with Crippen LogP contribution in [0.15, 0.2) is 16.6 Å². The van der Waals surface area contributed by atoms with Gasteiger partial charge >= 0.3 is 0 Å². The standard InChI is InChI=1S/C13H13BrClNO2/c1-7-3-10(4-8(2)12(7)14)16-6-9(13(15)18)5-11(16)17/h3-4,9H,5-6H2,1-2H3/t9-/m1/s1. The normalized spacial score (nSPS) is 19.4. The molecule has 0 aliphatic carbocycles. The third-order valence-electron chi connectivity index (χ3n) is 3.18. The topological polar surface area (TPSA) is 37.4 Å². The minimum atomic E-state index is -0.434. The van der Waals surface area contributed by atoms with E-state index in [1.165, 1.54) is 0 Å². The molecule has 1 aliphatic heterocycles. The average Bonchev–Trinajstić information content (AvgIpc) is 2.68. The first-order chi connectivity index (χ1) is 8.40. The van der Waals surface area contributed by atoms with Crippen LogP contribution in [0.4, 0.5) is 5.69 Å². The second-order valence-electron chi connectivity index (χ2n) is 4.60. The molecule has 1 amide bonds. The zero-order valence-corrected chi connectivity index (χ0v) is 12.5. The molecule has 0 unspecified atom stereocenters. The third kappa shape index (κ3) is 2.45. The zero-order valence-electron chi connectivity index (χ0n) is 10.2. The largest absolute Gasteiger partial charge is 0.312 e. The number of carbonyl (C=O) groups is 2. The Labute approximate surface area is 119 Å². The Hall–Kier alpha value is -0.870. The molecule has 1 saturated heterocycles. The molecule has 1 fully saturated rings. The van der Waals surface area contributed by atoms with Crippen LogP contribution in [0.2, 0.25) is 0 Å². The van der Waals surface area contributed by atoms with Crippen LogP contribution in [0.1, 0.15) is 17.5 Å². The molecule has 1 atom stereocenters. The number of anilines is 1. The quantitative estimate of drug-likeness (QED) is 0.781. The van der Waals surface area contributed by atoms with Crippen LogP contribution in [0.3, 0.4) is 0 Å². The van der Waals surface area contributed by atoms with Crippen molar-refractivity contribution in [2.24, 2.45) is 5.92 Å². The Bertz CT molecular complexity index is 507. The van der Waals surface area contributed by atoms with Gasteiger partial charge in [-0.25, -0.2) is 0 Å². The van der Waals surface area contributed by atoms with Gasteiger partial charge in [-0.1, -0.05) is 15.9 Å². The predicted octanol–water partition coefficient (Wildman–Crippen LogP) is 3.18. The zero-order chi connectivity index (χ0) is 13.4. The molecular formula is C13H13BrClNO2. The summed E-state index contributed by atoms with van der Waals surface area (Å²) in [7, 11) is 0. The molecule has 0 N–H and O–H groups in total. The Balaban J connectivity index is 2.33. The summed E-state index contributed by atoms with van der Waals surface area (Å²) in [4.78, 5) is 24.7. The predicted molar refractivity (Wildman–Crippen MR) is 74.9 cm³/mol. The number of benzene rings is 1. The Morgan fingerprint density at radius 2 is 1.94 bits per heavy atom. The van der Waals surface area contributed by atoms with Crippen molar-refractivity contribution in [1.82, 2.24) is 0 Å². The second-order valence-corrected chi connectivity index (χ2v) is 5.77. The minimum absolute atomic E-state index is 0.0462. The fourth-order valence-electron chi connectivity index (χ4n) is 2.19. The van der Waals surface area contributed by atoms with Crippen molar-refractivity contribution >= 4 is 44.4 Å². The van der Waals surface area contributed by atoms with E-state index in [1.54, 1.807) is 4.90 Å². The van der Waals surface area contributed by atoms with Gasteiger partial charge < -0.3 is 4.90 Å². The fraction of sp³-hybridized carbons (Fsp3) is 0.385. The molecule has 0 radical (unpaired) electrons. The highest BCUT2D eigenvalue weighted by molar-refractivity contribution is 9.10. The molecule has 0 aromatic heterocycles. The highest BCUT2D eigenvalue weighted by Gasteiger charge is 2.34. The average molecular weight is 331 g/mol. The number of nitrogens with zero attached hydrogens (tertiary/aromatic N) is 1. The van der Waals surface area contributed by atoms with Crippen LogP contribution in [-0.4, -0.2) is 17.7 Å². The van der Waals surface area contributed by atoms with Gasteiger partial charge in [0.05, 0.1) is 5.92 Å². The molecule has 1 aliphatic rings. The maximum Gasteiger partial charge on any atom is 0.227 e. The summed E-state index contributed by atoms with van der Waals surface area (Å²) in [5.74, 6) is -0.432. The fourth-order valence-corrected chi connectivity index (χ4v) is 2.56. The molecule has 18 heavy (non-hydrogen) atoms. The molecule has 3 nitrogen and oxygen atoms in total. The van der Waals surface area contributed by atoms with Crippen LogP contribution < -0.4 is 4.90 Å². The van der Waals surface area contributed by atoms with Crippen molar-refractivity contribution in [2.45, 2.75) is 20.3 Å². The third-order valence-corrected chi connectivity index (χ3v) is 4.74. The van der Waals surface area contributed by atoms with Crippen LogP contribution in [0.5, 0.6) is 0 Å². The monoisotopic (exact) mass is 329 g/mol. The highest BCUT2D eigenvalue weighted by atomic mass is 79.9. The van der Waals surface area contributed by atoms with Crippen molar-refractivity contribution in [3.8, 4) is 0 Å². The molecule has 1 heterocycles. The summed E-state index contributed by atoms with van der Waals surface area (Å²) in [5.41, 5.74) is 2.97. The minimum Gasteiger partial charge on any atom is -0.312 e. The number of hydrogen-bond donors (Lipinski definition) is 0. The van der Waals surface area contributed by atoms with E-state index in [0.29, 0.717) is 6.54 Å². The SMILES string of the molecule is Cc1cc(N2C[C@H](C(=O)Cl)CC2=O)cc(C)c1Br. The molecule has 1 aromatic rings. The van der Waals surface area contributed by atoms with Crippen molar-refractivity contribution in [1.29, 1.82) is 0 Å². The van der Waals surface area contributed by atoms with Crippen LogP contribution >= 0.6 is 27.5 Å². The maximum absolute atomic E-state index is 11.9. The van der Waals surface area contributed by atoms with Crippen molar-refractivity contribution in [2.75, 3.05) is 11.4 Å². The summed E-state index contributed by atoms with van der Waals surface area (Å²) >= 11 is 8.96. The lowest BCUT2D eigenvalue weighted by atomic mass is 10.1. The first kappa shape index (κ1) is 13.6. The molecule has 5 heteroatoms. The van der Waals surface area contributed by atoms with Crippen LogP contribution in [-0.2, 0) is 9.59 Å². The number of aryl methyl sites for hydroxylation is 2. The number of amides is 1. The summed E-state index contributed by atoms with van der Waals surface area (Å²) in [6, 6.07) is 3.88. The van der Waals surface area contributed by atoms with Crippen molar-refractivity contribution < 1.29 is 9.59 Å². The van der Waals surface area contributed by atoms with E-state index in [9.17, 15) is 9.59 Å². The van der Waals surface area contributed by atoms with Gasteiger partial charge in [0, 0.05) is 23.1 Å². The number of carbonyl (C=O) groups excluding carboxylic acids is 2. The summed E-state index contributed by atoms with van der Waals surface area (Å²) in [6.45, 7) is 4.33. The number of halogens is 2. The van der Waals surface area contributed by atoms with Crippen molar-refractivity contribution in [3.05, 3.63) is 27.7 Å². The molecule has 1 aromatic carbocycles. The van der Waals surface area contributed by atoms with Crippen molar-refractivity contribution in [3.63, 3.8) is 0 Å². The maximum atomic E-state index is 11.9. The van der Waals surface area contributed by atoms with E-state index < -0.39 is 5.24 Å². The smallest absolute Gasteiger partial charge is 0.227 e. The highest BCUT2D eigenvalue weighted by Crippen LogP contribution is 2.31. The molecule has 96 valence electrons. The van der Waals surface area contributed by atoms with E-state index in [0.717, 1.165) is 21.3 Å². The summed E-state index contributed by atoms with van der Waals surface area (Å²) < 4.78 is 1.04. The number of rotatable bonds is 2. The summed E-state index contributed by atoms with van der Waals surface area (Å²) in [6.07, 6.45) is 0.205. The molecule has 0 saturated carbocycles. The van der Waals surface area contributed by atoms with Crippen LogP contribution in [0, 0.1) is 19.8 Å². The van der Waals surface area contributed by atoms with E-state index in [-0.39, 0.29) is 18.2 Å². The van der Waals surface area contributed by atoms with Gasteiger partial charge in [-0.15, -0.1) is 0 Å². The van der Waals surface area contributed by atoms with Gasteiger partial charge in [0.15, 0.2) is 0 Å². The number of hydrogen-bond acceptors (Lipinski definition) is 2. The molecule has 2 rings (SSSR count). The molecule has 0 bridgehead atoms. The van der Waals surface area contributed by atoms with E-state index in [2.05, 4.69) is 15.9 Å². The van der Waals surface area contributed by atoms with Gasteiger partial charge in [0.25, 0.3) is 0 Å². The van der Waals surface area contributed by atoms with E-state index in [1.807, 2.05) is 26.0 Å². The Kier molecular flexibility index (Phi) is 3.78. The lowest BCUT2D eigenvalue weighted by molar-refractivity contribution is -0.120. The van der Waals surface area contributed by atoms with Gasteiger partial charge in [-0.3, -0.25) is 9.59 Å². The second kappa shape index (κ2) is 5.02. The van der Waals surface area contributed by atoms with Gasteiger partial charge in [0.1, 0.15) is 0 Å². The first-order valence-electron chi connectivity index (χ1n) is 5.66. The van der Waals surface area contributed by atoms with Gasteiger partial charge in [-0.2, -0.15) is 0 Å². The van der Waals surface area contributed by atoms with Gasteiger partial charge in [0.2, 0.25) is 11.1 Å².